The van der Waals surface area contributed by atoms with Gasteiger partial charge in [0.25, 0.3) is 0 Å². The second-order valence-corrected chi connectivity index (χ2v) is 11.8. The maximum absolute atomic E-state index is 5.15. The van der Waals surface area contributed by atoms with E-state index in [1.165, 1.54) is 21.9 Å². The van der Waals surface area contributed by atoms with Gasteiger partial charge in [-0.3, -0.25) is 15.0 Å². The van der Waals surface area contributed by atoms with E-state index in [-0.39, 0.29) is 0 Å². The summed E-state index contributed by atoms with van der Waals surface area (Å²) in [5, 5.41) is 4.61. The molecule has 0 spiro atoms. The van der Waals surface area contributed by atoms with Gasteiger partial charge in [0, 0.05) is 45.4 Å². The molecule has 0 N–H and O–H groups in total. The molecule has 0 amide bonds. The zero-order valence-corrected chi connectivity index (χ0v) is 25.8. The fourth-order valence-electron chi connectivity index (χ4n) is 6.24. The van der Waals surface area contributed by atoms with Gasteiger partial charge in [-0.1, -0.05) is 109 Å². The Morgan fingerprint density at radius 3 is 1.40 bits per heavy atom. The average Bonchev–Trinajstić information content (AvgIpc) is 3.18. The number of pyridine rings is 3. The SMILES string of the molecule is c1cncc(-c2cnc(-c3ccc(-c4ccc5ccc6ccc(-c7ccc(-c8ccc9ccccc9c8)cc7)nc6c5n4)cc3)cn2)c1. The van der Waals surface area contributed by atoms with Crippen LogP contribution in [0.5, 0.6) is 0 Å². The Morgan fingerprint density at radius 2 is 0.812 bits per heavy atom. The number of fused-ring (bicyclic) bond motifs is 4. The van der Waals surface area contributed by atoms with Gasteiger partial charge in [-0.05, 0) is 52.2 Å². The lowest BCUT2D eigenvalue weighted by molar-refractivity contribution is 1.20. The van der Waals surface area contributed by atoms with E-state index in [2.05, 4.69) is 142 Å². The molecule has 9 aromatic rings. The lowest BCUT2D eigenvalue weighted by atomic mass is 9.99. The van der Waals surface area contributed by atoms with Gasteiger partial charge in [0.15, 0.2) is 0 Å². The van der Waals surface area contributed by atoms with Crippen LogP contribution >= 0.6 is 0 Å². The molecule has 0 saturated carbocycles. The molecule has 0 unspecified atom stereocenters. The molecule has 5 nitrogen and oxygen atoms in total. The first kappa shape index (κ1) is 27.7. The van der Waals surface area contributed by atoms with Gasteiger partial charge >= 0.3 is 0 Å². The third-order valence-corrected chi connectivity index (χ3v) is 8.87. The predicted molar refractivity (Wildman–Crippen MR) is 195 cm³/mol. The molecule has 0 radical (unpaired) electrons. The second kappa shape index (κ2) is 11.6. The Bertz CT molecular complexity index is 2580. The van der Waals surface area contributed by atoms with Crippen molar-refractivity contribution in [3.63, 3.8) is 0 Å². The monoisotopic (exact) mass is 613 g/mol. The topological polar surface area (TPSA) is 64.5 Å². The van der Waals surface area contributed by atoms with Crippen molar-refractivity contribution in [3.05, 3.63) is 164 Å². The van der Waals surface area contributed by atoms with Crippen LogP contribution < -0.4 is 0 Å². The van der Waals surface area contributed by atoms with Crippen molar-refractivity contribution in [1.29, 1.82) is 0 Å². The van der Waals surface area contributed by atoms with Gasteiger partial charge in [-0.2, -0.15) is 0 Å². The van der Waals surface area contributed by atoms with Crippen molar-refractivity contribution in [1.82, 2.24) is 24.9 Å². The molecule has 0 aliphatic heterocycles. The van der Waals surface area contributed by atoms with Crippen molar-refractivity contribution in [2.45, 2.75) is 0 Å². The number of rotatable bonds is 5. The van der Waals surface area contributed by atoms with Crippen LogP contribution in [0.3, 0.4) is 0 Å². The van der Waals surface area contributed by atoms with E-state index >= 15 is 0 Å². The Labute approximate surface area is 277 Å². The Morgan fingerprint density at radius 1 is 0.312 bits per heavy atom. The highest BCUT2D eigenvalue weighted by Gasteiger charge is 2.11. The maximum Gasteiger partial charge on any atom is 0.0972 e. The lowest BCUT2D eigenvalue weighted by Crippen LogP contribution is -1.92. The van der Waals surface area contributed by atoms with E-state index in [0.717, 1.165) is 66.8 Å². The third kappa shape index (κ3) is 5.13. The van der Waals surface area contributed by atoms with E-state index in [0.29, 0.717) is 0 Å². The molecule has 0 aliphatic rings. The van der Waals surface area contributed by atoms with Crippen LogP contribution in [0.1, 0.15) is 0 Å². The van der Waals surface area contributed by atoms with Crippen LogP contribution in [-0.2, 0) is 0 Å². The van der Waals surface area contributed by atoms with Gasteiger partial charge < -0.3 is 0 Å². The Hall–Kier alpha value is -6.59. The molecular weight excluding hydrogens is 587 g/mol. The van der Waals surface area contributed by atoms with Gasteiger partial charge in [0.05, 0.1) is 46.2 Å². The van der Waals surface area contributed by atoms with Crippen molar-refractivity contribution in [3.8, 4) is 56.2 Å². The summed E-state index contributed by atoms with van der Waals surface area (Å²) in [6.45, 7) is 0. The van der Waals surface area contributed by atoms with Gasteiger partial charge in [0.2, 0.25) is 0 Å². The molecule has 9 rings (SSSR count). The van der Waals surface area contributed by atoms with Crippen molar-refractivity contribution < 1.29 is 0 Å². The number of hydrogen-bond acceptors (Lipinski definition) is 5. The summed E-state index contributed by atoms with van der Waals surface area (Å²) in [6, 6.07) is 48.6. The van der Waals surface area contributed by atoms with E-state index in [1.807, 2.05) is 12.1 Å². The fraction of sp³-hybridized carbons (Fsp3) is 0. The van der Waals surface area contributed by atoms with Crippen molar-refractivity contribution in [2.24, 2.45) is 0 Å². The molecule has 4 aromatic heterocycles. The number of hydrogen-bond donors (Lipinski definition) is 0. The summed E-state index contributed by atoms with van der Waals surface area (Å²) >= 11 is 0. The molecule has 5 aromatic carbocycles. The highest BCUT2D eigenvalue weighted by Crippen LogP contribution is 2.31. The summed E-state index contributed by atoms with van der Waals surface area (Å²) in [5.74, 6) is 0. The summed E-state index contributed by atoms with van der Waals surface area (Å²) < 4.78 is 0. The van der Waals surface area contributed by atoms with E-state index < -0.39 is 0 Å². The molecule has 5 heteroatoms. The van der Waals surface area contributed by atoms with Crippen LogP contribution in [-0.4, -0.2) is 24.9 Å². The van der Waals surface area contributed by atoms with Gasteiger partial charge in [-0.25, -0.2) is 9.97 Å². The quantitative estimate of drug-likeness (QED) is 0.181. The standard InChI is InChI=1S/C43H27N5/c1-2-5-35-24-36(18-9-28(35)4-1)29-7-10-30(11-8-29)38-21-19-33-16-17-34-20-22-39(48-43(34)42(33)47-38)31-12-14-32(15-13-31)40-26-46-41(27-45-40)37-6-3-23-44-25-37/h1-27H. The van der Waals surface area contributed by atoms with Crippen LogP contribution in [0.2, 0.25) is 0 Å². The van der Waals surface area contributed by atoms with Crippen LogP contribution in [0, 0.1) is 0 Å². The molecule has 4 heterocycles. The lowest BCUT2D eigenvalue weighted by Gasteiger charge is -2.09. The summed E-state index contributed by atoms with van der Waals surface area (Å²) in [6.07, 6.45) is 7.13. The Kier molecular flexibility index (Phi) is 6.72. The minimum absolute atomic E-state index is 0.797. The smallest absolute Gasteiger partial charge is 0.0972 e. The molecule has 0 aliphatic carbocycles. The average molecular weight is 614 g/mol. The molecule has 0 bridgehead atoms. The molecule has 0 saturated heterocycles. The number of aromatic nitrogens is 5. The molecule has 0 atom stereocenters. The number of nitrogens with zero attached hydrogens (tertiary/aromatic N) is 5. The predicted octanol–water partition coefficient (Wildman–Crippen LogP) is 10.5. The van der Waals surface area contributed by atoms with E-state index in [1.54, 1.807) is 24.8 Å². The third-order valence-electron chi connectivity index (χ3n) is 8.87. The minimum Gasteiger partial charge on any atom is -0.264 e. The molecular formula is C43H27N5. The van der Waals surface area contributed by atoms with Gasteiger partial charge in [0.1, 0.15) is 0 Å². The highest BCUT2D eigenvalue weighted by molar-refractivity contribution is 6.04. The highest BCUT2D eigenvalue weighted by atomic mass is 14.8. The van der Waals surface area contributed by atoms with Gasteiger partial charge in [-0.15, -0.1) is 0 Å². The first-order chi connectivity index (χ1) is 23.7. The fourth-order valence-corrected chi connectivity index (χ4v) is 6.24. The van der Waals surface area contributed by atoms with Crippen LogP contribution in [0.4, 0.5) is 0 Å². The molecule has 0 fully saturated rings. The normalized spacial score (nSPS) is 11.3. The van der Waals surface area contributed by atoms with Crippen LogP contribution in [0.25, 0.3) is 88.7 Å². The largest absolute Gasteiger partial charge is 0.264 e. The summed E-state index contributed by atoms with van der Waals surface area (Å²) in [5.41, 5.74) is 11.6. The minimum atomic E-state index is 0.797. The van der Waals surface area contributed by atoms with E-state index in [4.69, 9.17) is 9.97 Å². The molecule has 224 valence electrons. The number of benzene rings is 5. The zero-order chi connectivity index (χ0) is 31.9. The molecule has 48 heavy (non-hydrogen) atoms. The first-order valence-electron chi connectivity index (χ1n) is 15.9. The maximum atomic E-state index is 5.15. The van der Waals surface area contributed by atoms with Crippen LogP contribution in [0.15, 0.2) is 164 Å². The zero-order valence-electron chi connectivity index (χ0n) is 25.8. The summed E-state index contributed by atoms with van der Waals surface area (Å²) in [4.78, 5) is 23.7. The second-order valence-electron chi connectivity index (χ2n) is 11.8. The van der Waals surface area contributed by atoms with E-state index in [9.17, 15) is 0 Å². The summed E-state index contributed by atoms with van der Waals surface area (Å²) in [7, 11) is 0. The van der Waals surface area contributed by atoms with Crippen molar-refractivity contribution in [2.75, 3.05) is 0 Å². The Balaban J connectivity index is 1.02. The van der Waals surface area contributed by atoms with Crippen molar-refractivity contribution >= 4 is 32.6 Å². The first-order valence-corrected chi connectivity index (χ1v) is 15.9.